The topological polar surface area (TPSA) is 96.0 Å². The minimum atomic E-state index is -4.20. The number of rotatable bonds is 13. The van der Waals surface area contributed by atoms with Crippen LogP contribution in [0.2, 0.25) is 0 Å². The minimum Gasteiger partial charge on any atom is -0.494 e. The van der Waals surface area contributed by atoms with E-state index in [-0.39, 0.29) is 23.8 Å². The average Bonchev–Trinajstić information content (AvgIpc) is 3.02. The maximum atomic E-state index is 14.5. The first-order valence-electron chi connectivity index (χ1n) is 15.4. The fourth-order valence-electron chi connectivity index (χ4n) is 5.03. The molecule has 0 radical (unpaired) electrons. The lowest BCUT2D eigenvalue weighted by molar-refractivity contribution is -0.140. The van der Waals surface area contributed by atoms with Crippen LogP contribution in [0.1, 0.15) is 44.4 Å². The molecule has 0 fully saturated rings. The average molecular weight is 642 g/mol. The summed E-state index contributed by atoms with van der Waals surface area (Å²) in [4.78, 5) is 30.0. The zero-order chi connectivity index (χ0) is 33.3. The van der Waals surface area contributed by atoms with E-state index in [4.69, 9.17) is 4.74 Å². The lowest BCUT2D eigenvalue weighted by atomic mass is 10.0. The summed E-state index contributed by atoms with van der Waals surface area (Å²) < 4.78 is 35.1. The van der Waals surface area contributed by atoms with Crippen LogP contribution in [0.4, 0.5) is 5.69 Å². The van der Waals surface area contributed by atoms with E-state index in [1.807, 2.05) is 95.3 Å². The van der Waals surface area contributed by atoms with Crippen molar-refractivity contribution in [2.45, 2.75) is 64.1 Å². The second kappa shape index (κ2) is 15.1. The first kappa shape index (κ1) is 34.2. The molecule has 0 aromatic heterocycles. The molecule has 242 valence electrons. The molecule has 1 unspecified atom stereocenters. The maximum Gasteiger partial charge on any atom is 0.264 e. The third-order valence-electron chi connectivity index (χ3n) is 7.29. The van der Waals surface area contributed by atoms with Crippen LogP contribution in [-0.2, 0) is 32.6 Å². The number of carbonyl (C=O) groups excluding carboxylic acids is 2. The molecule has 0 saturated carbocycles. The van der Waals surface area contributed by atoms with Crippen LogP contribution in [0.25, 0.3) is 0 Å². The lowest BCUT2D eigenvalue weighted by Crippen LogP contribution is -2.56. The molecule has 1 atom stereocenters. The molecule has 0 aliphatic rings. The Kier molecular flexibility index (Phi) is 11.2. The zero-order valence-corrected chi connectivity index (χ0v) is 28.0. The van der Waals surface area contributed by atoms with Crippen molar-refractivity contribution in [1.82, 2.24) is 10.2 Å². The molecular formula is C37H43N3O5S. The summed E-state index contributed by atoms with van der Waals surface area (Å²) in [5.41, 5.74) is 2.42. The molecule has 8 nitrogen and oxygen atoms in total. The Bertz CT molecular complexity index is 1690. The van der Waals surface area contributed by atoms with Gasteiger partial charge in [0.1, 0.15) is 18.3 Å². The first-order chi connectivity index (χ1) is 21.9. The molecule has 0 spiro atoms. The van der Waals surface area contributed by atoms with Gasteiger partial charge >= 0.3 is 0 Å². The summed E-state index contributed by atoms with van der Waals surface area (Å²) in [6, 6.07) is 31.1. The van der Waals surface area contributed by atoms with Gasteiger partial charge in [-0.05, 0) is 82.1 Å². The first-order valence-corrected chi connectivity index (χ1v) is 16.8. The predicted molar refractivity (Wildman–Crippen MR) is 182 cm³/mol. The number of amides is 2. The van der Waals surface area contributed by atoms with Gasteiger partial charge in [-0.15, -0.1) is 0 Å². The monoisotopic (exact) mass is 641 g/mol. The lowest BCUT2D eigenvalue weighted by Gasteiger charge is -2.35. The third kappa shape index (κ3) is 9.20. The van der Waals surface area contributed by atoms with Gasteiger partial charge in [0.15, 0.2) is 0 Å². The molecule has 0 saturated heterocycles. The zero-order valence-electron chi connectivity index (χ0n) is 27.1. The molecular weight excluding hydrogens is 598 g/mol. The highest BCUT2D eigenvalue weighted by Crippen LogP contribution is 2.27. The number of aryl methyl sites for hydroxylation is 1. The third-order valence-corrected chi connectivity index (χ3v) is 9.08. The highest BCUT2D eigenvalue weighted by atomic mass is 32.2. The number of ether oxygens (including phenoxy) is 1. The molecule has 0 aliphatic carbocycles. The molecule has 1 N–H and O–H groups in total. The summed E-state index contributed by atoms with van der Waals surface area (Å²) >= 11 is 0. The molecule has 4 aromatic rings. The summed E-state index contributed by atoms with van der Waals surface area (Å²) in [7, 11) is -4.20. The fraction of sp³-hybridized carbons (Fsp3) is 0.297. The summed E-state index contributed by atoms with van der Waals surface area (Å²) in [5, 5.41) is 3.05. The van der Waals surface area contributed by atoms with E-state index in [0.717, 1.165) is 21.0 Å². The fourth-order valence-corrected chi connectivity index (χ4v) is 6.44. The normalized spacial score (nSPS) is 12.2. The van der Waals surface area contributed by atoms with Gasteiger partial charge in [-0.3, -0.25) is 13.9 Å². The van der Waals surface area contributed by atoms with E-state index < -0.39 is 34.1 Å². The van der Waals surface area contributed by atoms with Crippen LogP contribution in [0, 0.1) is 6.92 Å². The molecule has 2 amide bonds. The number of carbonyl (C=O) groups is 2. The van der Waals surface area contributed by atoms with Crippen molar-refractivity contribution in [2.75, 3.05) is 17.5 Å². The predicted octanol–water partition coefficient (Wildman–Crippen LogP) is 6.14. The molecule has 0 bridgehead atoms. The van der Waals surface area contributed by atoms with Gasteiger partial charge in [0.05, 0.1) is 17.2 Å². The van der Waals surface area contributed by atoms with Gasteiger partial charge in [0, 0.05) is 18.5 Å². The molecule has 0 aliphatic heterocycles. The Morgan fingerprint density at radius 2 is 1.37 bits per heavy atom. The standard InChI is InChI=1S/C37H43N3O5S/c1-6-45-32-21-23-33(24-22-32)46(43,44)40(31-19-17-28(2)18-20-31)27-35(41)39(26-30-15-11-8-12-16-30)34(36(42)38-37(3,4)5)25-29-13-9-7-10-14-29/h7-24,34H,6,25-27H2,1-5H3,(H,38,42). The van der Waals surface area contributed by atoms with Gasteiger partial charge in [0.25, 0.3) is 10.0 Å². The summed E-state index contributed by atoms with van der Waals surface area (Å²) in [6.07, 6.45) is 0.248. The molecule has 9 heteroatoms. The van der Waals surface area contributed by atoms with Crippen molar-refractivity contribution >= 4 is 27.5 Å². The maximum absolute atomic E-state index is 14.5. The number of benzene rings is 4. The highest BCUT2D eigenvalue weighted by molar-refractivity contribution is 7.92. The van der Waals surface area contributed by atoms with Crippen molar-refractivity contribution in [3.63, 3.8) is 0 Å². The highest BCUT2D eigenvalue weighted by Gasteiger charge is 2.35. The van der Waals surface area contributed by atoms with Crippen LogP contribution in [0.5, 0.6) is 5.75 Å². The number of anilines is 1. The van der Waals surface area contributed by atoms with Crippen molar-refractivity contribution < 1.29 is 22.7 Å². The van der Waals surface area contributed by atoms with Crippen LogP contribution >= 0.6 is 0 Å². The van der Waals surface area contributed by atoms with Crippen LogP contribution < -0.4 is 14.4 Å². The number of nitrogens with one attached hydrogen (secondary N) is 1. The van der Waals surface area contributed by atoms with Gasteiger partial charge < -0.3 is 15.0 Å². The van der Waals surface area contributed by atoms with Crippen molar-refractivity contribution in [1.29, 1.82) is 0 Å². The van der Waals surface area contributed by atoms with Crippen molar-refractivity contribution in [2.24, 2.45) is 0 Å². The second-order valence-electron chi connectivity index (χ2n) is 12.2. The molecule has 0 heterocycles. The minimum absolute atomic E-state index is 0.0187. The van der Waals surface area contributed by atoms with Gasteiger partial charge in [0.2, 0.25) is 11.8 Å². The summed E-state index contributed by atoms with van der Waals surface area (Å²) in [5.74, 6) is -0.289. The molecule has 4 aromatic carbocycles. The van der Waals surface area contributed by atoms with E-state index in [0.29, 0.717) is 18.0 Å². The van der Waals surface area contributed by atoms with Crippen molar-refractivity contribution in [3.8, 4) is 5.75 Å². The van der Waals surface area contributed by atoms with Gasteiger partial charge in [-0.1, -0.05) is 78.4 Å². The van der Waals surface area contributed by atoms with E-state index in [9.17, 15) is 18.0 Å². The van der Waals surface area contributed by atoms with E-state index in [1.54, 1.807) is 36.4 Å². The number of nitrogens with zero attached hydrogens (tertiary/aromatic N) is 2. The van der Waals surface area contributed by atoms with E-state index >= 15 is 0 Å². The molecule has 46 heavy (non-hydrogen) atoms. The Morgan fingerprint density at radius 1 is 0.804 bits per heavy atom. The van der Waals surface area contributed by atoms with E-state index in [1.165, 1.54) is 17.0 Å². The number of hydrogen-bond acceptors (Lipinski definition) is 5. The molecule has 4 rings (SSSR count). The Balaban J connectivity index is 1.79. The Morgan fingerprint density at radius 3 is 1.91 bits per heavy atom. The quantitative estimate of drug-likeness (QED) is 0.189. The largest absolute Gasteiger partial charge is 0.494 e. The Labute approximate surface area is 273 Å². The van der Waals surface area contributed by atoms with Gasteiger partial charge in [-0.2, -0.15) is 0 Å². The SMILES string of the molecule is CCOc1ccc(S(=O)(=O)N(CC(=O)N(Cc2ccccc2)C(Cc2ccccc2)C(=O)NC(C)(C)C)c2ccc(C)cc2)cc1. The number of hydrogen-bond donors (Lipinski definition) is 1. The van der Waals surface area contributed by atoms with Crippen molar-refractivity contribution in [3.05, 3.63) is 126 Å². The van der Waals surface area contributed by atoms with Crippen LogP contribution in [0.3, 0.4) is 0 Å². The Hall–Kier alpha value is -4.63. The van der Waals surface area contributed by atoms with Crippen LogP contribution in [-0.4, -0.2) is 49.9 Å². The summed E-state index contributed by atoms with van der Waals surface area (Å²) in [6.45, 7) is 9.45. The van der Waals surface area contributed by atoms with E-state index in [2.05, 4.69) is 5.32 Å². The second-order valence-corrected chi connectivity index (χ2v) is 14.1. The van der Waals surface area contributed by atoms with Gasteiger partial charge in [-0.25, -0.2) is 8.42 Å². The number of sulfonamides is 1. The van der Waals surface area contributed by atoms with Crippen LogP contribution in [0.15, 0.2) is 114 Å². The smallest absolute Gasteiger partial charge is 0.264 e.